The molecular formula is C33H30O6. The van der Waals surface area contributed by atoms with Gasteiger partial charge < -0.3 is 14.6 Å². The number of rotatable bonds is 4. The molecule has 0 radical (unpaired) electrons. The average molecular weight is 523 g/mol. The molecule has 0 spiro atoms. The first-order valence-corrected chi connectivity index (χ1v) is 12.9. The third kappa shape index (κ3) is 3.97. The van der Waals surface area contributed by atoms with Crippen LogP contribution in [0.1, 0.15) is 41.9 Å². The third-order valence-electron chi connectivity index (χ3n) is 8.44. The lowest BCUT2D eigenvalue weighted by Gasteiger charge is -2.52. The average Bonchev–Trinajstić information content (AvgIpc) is 3.29. The van der Waals surface area contributed by atoms with Crippen LogP contribution in [0.3, 0.4) is 0 Å². The van der Waals surface area contributed by atoms with Gasteiger partial charge in [-0.15, -0.1) is 0 Å². The first kappa shape index (κ1) is 26.4. The van der Waals surface area contributed by atoms with Crippen LogP contribution in [0.4, 0.5) is 0 Å². The lowest BCUT2D eigenvalue weighted by atomic mass is 9.51. The number of hydrogen-bond acceptors (Lipinski definition) is 6. The largest absolute Gasteiger partial charge is 0.468 e. The number of esters is 2. The molecular weight excluding hydrogens is 492 g/mol. The van der Waals surface area contributed by atoms with E-state index in [0.29, 0.717) is 16.7 Å². The van der Waals surface area contributed by atoms with Gasteiger partial charge in [0.05, 0.1) is 19.6 Å². The minimum atomic E-state index is -1.84. The highest BCUT2D eigenvalue weighted by Crippen LogP contribution is 2.71. The summed E-state index contributed by atoms with van der Waals surface area (Å²) in [4.78, 5) is 40.8. The minimum absolute atomic E-state index is 0.0533. The summed E-state index contributed by atoms with van der Waals surface area (Å²) in [5, 5.41) is 12.9. The van der Waals surface area contributed by atoms with Crippen LogP contribution in [-0.4, -0.2) is 37.0 Å². The van der Waals surface area contributed by atoms with Gasteiger partial charge in [0.15, 0.2) is 5.41 Å². The fraction of sp³-hybridized carbons (Fsp3) is 0.303. The zero-order valence-corrected chi connectivity index (χ0v) is 21.9. The van der Waals surface area contributed by atoms with E-state index in [1.807, 2.05) is 66.7 Å². The van der Waals surface area contributed by atoms with Crippen LogP contribution in [0.25, 0.3) is 0 Å². The monoisotopic (exact) mass is 522 g/mol. The van der Waals surface area contributed by atoms with Gasteiger partial charge in [-0.05, 0) is 35.6 Å². The number of ether oxygens (including phenoxy) is 2. The Kier molecular flexibility index (Phi) is 6.88. The summed E-state index contributed by atoms with van der Waals surface area (Å²) in [6.45, 7) is 0. The Labute approximate surface area is 228 Å². The van der Waals surface area contributed by atoms with Gasteiger partial charge in [-0.3, -0.25) is 14.4 Å². The summed E-state index contributed by atoms with van der Waals surface area (Å²) in [7, 11) is 2.46. The van der Waals surface area contributed by atoms with E-state index < -0.39 is 40.2 Å². The summed E-state index contributed by atoms with van der Waals surface area (Å²) in [6.07, 6.45) is -0.216. The van der Waals surface area contributed by atoms with E-state index in [0.717, 1.165) is 0 Å². The molecule has 3 aromatic carbocycles. The molecule has 0 aromatic heterocycles. The van der Waals surface area contributed by atoms with Crippen molar-refractivity contribution in [2.45, 2.75) is 30.8 Å². The third-order valence-corrected chi connectivity index (χ3v) is 8.44. The molecule has 2 fully saturated rings. The molecule has 2 saturated carbocycles. The number of fused-ring (bicyclic) bond motifs is 1. The van der Waals surface area contributed by atoms with Gasteiger partial charge in [0.2, 0.25) is 0 Å². The molecule has 39 heavy (non-hydrogen) atoms. The zero-order chi connectivity index (χ0) is 27.7. The number of aliphatic hydroxyl groups is 1. The number of Topliss-reactive ketones (excluding diaryl/α,β-unsaturated/α-hetero) is 1. The molecule has 4 atom stereocenters. The van der Waals surface area contributed by atoms with Gasteiger partial charge in [-0.1, -0.05) is 90.7 Å². The molecule has 0 aliphatic heterocycles. The van der Waals surface area contributed by atoms with E-state index in [9.17, 15) is 19.5 Å². The van der Waals surface area contributed by atoms with Crippen LogP contribution in [0.15, 0.2) is 91.0 Å². The minimum Gasteiger partial charge on any atom is -0.468 e. The van der Waals surface area contributed by atoms with Crippen molar-refractivity contribution in [3.05, 3.63) is 108 Å². The first-order valence-electron chi connectivity index (χ1n) is 12.9. The highest BCUT2D eigenvalue weighted by atomic mass is 16.5. The van der Waals surface area contributed by atoms with Gasteiger partial charge in [0.1, 0.15) is 11.4 Å². The molecule has 5 rings (SSSR count). The molecule has 0 bridgehead atoms. The van der Waals surface area contributed by atoms with E-state index in [-0.39, 0.29) is 25.0 Å². The van der Waals surface area contributed by atoms with Crippen molar-refractivity contribution < 1.29 is 29.0 Å². The lowest BCUT2D eigenvalue weighted by molar-refractivity contribution is -0.173. The molecule has 2 aliphatic carbocycles. The maximum atomic E-state index is 13.8. The van der Waals surface area contributed by atoms with Crippen molar-refractivity contribution in [1.82, 2.24) is 0 Å². The van der Waals surface area contributed by atoms with Gasteiger partial charge in [0, 0.05) is 24.3 Å². The van der Waals surface area contributed by atoms with Crippen LogP contribution in [-0.2, 0) is 29.5 Å². The predicted molar refractivity (Wildman–Crippen MR) is 144 cm³/mol. The molecule has 6 nitrogen and oxygen atoms in total. The Bertz CT molecular complexity index is 1420. The summed E-state index contributed by atoms with van der Waals surface area (Å²) < 4.78 is 10.5. The van der Waals surface area contributed by atoms with E-state index in [1.54, 1.807) is 24.3 Å². The Balaban J connectivity index is 1.92. The van der Waals surface area contributed by atoms with Crippen molar-refractivity contribution in [1.29, 1.82) is 0 Å². The molecule has 0 heterocycles. The number of ketones is 1. The zero-order valence-electron chi connectivity index (χ0n) is 21.9. The van der Waals surface area contributed by atoms with E-state index in [1.165, 1.54) is 14.2 Å². The first-order chi connectivity index (χ1) is 18.8. The standard InChI is InChI=1S/C33H30O6/c1-38-29(35)31(30(36)39-2)21-26-20-27(34)22-33(37,25-16-10-5-11-17-25)32(26,19-18-23-12-6-3-7-13-23)28(31)24-14-8-4-9-15-24/h3-17,26,28,37H,20-22H2,1-2H3/t26-,28+,32?,33-/m0/s1. The number of methoxy groups -OCH3 is 2. The number of carbonyl (C=O) groups excluding carboxylic acids is 3. The maximum absolute atomic E-state index is 13.8. The Hall–Kier alpha value is -4.21. The van der Waals surface area contributed by atoms with Crippen molar-refractivity contribution in [2.24, 2.45) is 16.7 Å². The van der Waals surface area contributed by atoms with E-state index in [2.05, 4.69) is 11.8 Å². The van der Waals surface area contributed by atoms with Crippen LogP contribution in [0.5, 0.6) is 0 Å². The van der Waals surface area contributed by atoms with Crippen LogP contribution in [0, 0.1) is 28.6 Å². The molecule has 1 N–H and O–H groups in total. The van der Waals surface area contributed by atoms with Gasteiger partial charge >= 0.3 is 11.9 Å². The molecule has 198 valence electrons. The lowest BCUT2D eigenvalue weighted by Crippen LogP contribution is -2.57. The fourth-order valence-corrected chi connectivity index (χ4v) is 6.95. The summed E-state index contributed by atoms with van der Waals surface area (Å²) in [5.41, 5.74) is -3.26. The normalized spacial score (nSPS) is 27.0. The number of carbonyl (C=O) groups is 3. The van der Waals surface area contributed by atoms with Crippen LogP contribution < -0.4 is 0 Å². The van der Waals surface area contributed by atoms with Crippen LogP contribution >= 0.6 is 0 Å². The molecule has 0 amide bonds. The fourth-order valence-electron chi connectivity index (χ4n) is 6.95. The second-order valence-corrected chi connectivity index (χ2v) is 10.3. The smallest absolute Gasteiger partial charge is 0.323 e. The van der Waals surface area contributed by atoms with Crippen molar-refractivity contribution >= 4 is 17.7 Å². The summed E-state index contributed by atoms with van der Waals surface area (Å²) in [6, 6.07) is 27.4. The number of hydrogen-bond donors (Lipinski definition) is 1. The molecule has 0 saturated heterocycles. The van der Waals surface area contributed by atoms with Crippen molar-refractivity contribution in [3.8, 4) is 11.8 Å². The Morgan fingerprint density at radius 3 is 1.95 bits per heavy atom. The Morgan fingerprint density at radius 2 is 1.38 bits per heavy atom. The van der Waals surface area contributed by atoms with Gasteiger partial charge in [0.25, 0.3) is 0 Å². The summed E-state index contributed by atoms with van der Waals surface area (Å²) in [5.74, 6) is 3.31. The Morgan fingerprint density at radius 1 is 0.846 bits per heavy atom. The number of benzene rings is 3. The SMILES string of the molecule is COC(=O)C1(C(=O)OC)C[C@@H]2CC(=O)C[C@](O)(c3ccccc3)C2(C#Cc2ccccc2)[C@@H]1c1ccccc1. The second kappa shape index (κ2) is 10.2. The molecule has 6 heteroatoms. The predicted octanol–water partition coefficient (Wildman–Crippen LogP) is 4.41. The highest BCUT2D eigenvalue weighted by Gasteiger charge is 2.77. The molecule has 2 aliphatic rings. The van der Waals surface area contributed by atoms with E-state index >= 15 is 0 Å². The highest BCUT2D eigenvalue weighted by molar-refractivity contribution is 6.02. The van der Waals surface area contributed by atoms with Gasteiger partial charge in [-0.25, -0.2) is 0 Å². The molecule has 1 unspecified atom stereocenters. The maximum Gasteiger partial charge on any atom is 0.323 e. The topological polar surface area (TPSA) is 89.9 Å². The van der Waals surface area contributed by atoms with Crippen LogP contribution in [0.2, 0.25) is 0 Å². The van der Waals surface area contributed by atoms with Crippen molar-refractivity contribution in [2.75, 3.05) is 14.2 Å². The quantitative estimate of drug-likeness (QED) is 0.310. The van der Waals surface area contributed by atoms with E-state index in [4.69, 9.17) is 9.47 Å². The summed E-state index contributed by atoms with van der Waals surface area (Å²) >= 11 is 0. The molecule has 3 aromatic rings. The van der Waals surface area contributed by atoms with Crippen molar-refractivity contribution in [3.63, 3.8) is 0 Å². The second-order valence-electron chi connectivity index (χ2n) is 10.3. The van der Waals surface area contributed by atoms with Gasteiger partial charge in [-0.2, -0.15) is 0 Å².